The van der Waals surface area contributed by atoms with Gasteiger partial charge in [0, 0.05) is 17.9 Å². The van der Waals surface area contributed by atoms with E-state index in [0.29, 0.717) is 19.6 Å². The van der Waals surface area contributed by atoms with E-state index in [0.717, 1.165) is 29.2 Å². The Hall–Kier alpha value is -1.35. The van der Waals surface area contributed by atoms with Crippen LogP contribution < -0.4 is 5.32 Å². The van der Waals surface area contributed by atoms with Crippen molar-refractivity contribution in [2.45, 2.75) is 25.8 Å². The SMILES string of the molecule is O=C(NCc1ccc(C#CCCO)s1)C1CCCOC1. The number of thiophene rings is 1. The summed E-state index contributed by atoms with van der Waals surface area (Å²) in [5.41, 5.74) is 0. The smallest absolute Gasteiger partial charge is 0.225 e. The molecule has 5 heteroatoms. The molecule has 0 aromatic carbocycles. The van der Waals surface area contributed by atoms with Crippen LogP contribution >= 0.6 is 11.3 Å². The maximum Gasteiger partial charge on any atom is 0.225 e. The third-order valence-electron chi connectivity index (χ3n) is 3.08. The molecule has 2 rings (SSSR count). The van der Waals surface area contributed by atoms with E-state index in [9.17, 15) is 4.79 Å². The van der Waals surface area contributed by atoms with Crippen LogP contribution in [0.3, 0.4) is 0 Å². The number of nitrogens with one attached hydrogen (secondary N) is 1. The largest absolute Gasteiger partial charge is 0.395 e. The highest BCUT2D eigenvalue weighted by atomic mass is 32.1. The van der Waals surface area contributed by atoms with E-state index in [1.54, 1.807) is 11.3 Å². The number of carbonyl (C=O) groups is 1. The summed E-state index contributed by atoms with van der Waals surface area (Å²) in [6.07, 6.45) is 2.36. The molecule has 1 aromatic heterocycles. The highest BCUT2D eigenvalue weighted by Crippen LogP contribution is 2.17. The van der Waals surface area contributed by atoms with Crippen LogP contribution in [0.1, 0.15) is 29.0 Å². The first-order chi connectivity index (χ1) is 9.79. The van der Waals surface area contributed by atoms with Gasteiger partial charge in [-0.2, -0.15) is 0 Å². The predicted molar refractivity (Wildman–Crippen MR) is 78.3 cm³/mol. The number of hydrogen-bond donors (Lipinski definition) is 2. The molecular formula is C15H19NO3S. The molecule has 2 N–H and O–H groups in total. The van der Waals surface area contributed by atoms with Crippen molar-refractivity contribution in [2.24, 2.45) is 5.92 Å². The van der Waals surface area contributed by atoms with Crippen LogP contribution in [0, 0.1) is 17.8 Å². The van der Waals surface area contributed by atoms with Gasteiger partial charge in [0.15, 0.2) is 0 Å². The van der Waals surface area contributed by atoms with Crippen LogP contribution in [-0.4, -0.2) is 30.8 Å². The molecule has 1 unspecified atom stereocenters. The molecule has 0 radical (unpaired) electrons. The van der Waals surface area contributed by atoms with Gasteiger partial charge in [-0.05, 0) is 25.0 Å². The van der Waals surface area contributed by atoms with Gasteiger partial charge in [-0.15, -0.1) is 11.3 Å². The van der Waals surface area contributed by atoms with E-state index in [4.69, 9.17) is 9.84 Å². The fourth-order valence-corrected chi connectivity index (χ4v) is 2.83. The molecule has 1 saturated heterocycles. The second-order valence-corrected chi connectivity index (χ2v) is 5.84. The Kier molecular flexibility index (Phi) is 6.06. The molecule has 1 aliphatic heterocycles. The summed E-state index contributed by atoms with van der Waals surface area (Å²) in [6, 6.07) is 3.92. The van der Waals surface area contributed by atoms with Crippen molar-refractivity contribution in [2.75, 3.05) is 19.8 Å². The van der Waals surface area contributed by atoms with Crippen LogP contribution in [0.15, 0.2) is 12.1 Å². The number of rotatable bonds is 4. The molecule has 0 aliphatic carbocycles. The zero-order valence-electron chi connectivity index (χ0n) is 11.4. The summed E-state index contributed by atoms with van der Waals surface area (Å²) in [5.74, 6) is 5.95. The lowest BCUT2D eigenvalue weighted by molar-refractivity contribution is -0.129. The first-order valence-corrected chi connectivity index (χ1v) is 7.65. The van der Waals surface area contributed by atoms with Crippen molar-refractivity contribution in [3.05, 3.63) is 21.9 Å². The fourth-order valence-electron chi connectivity index (χ4n) is 2.01. The average molecular weight is 293 g/mol. The lowest BCUT2D eigenvalue weighted by Crippen LogP contribution is -2.35. The van der Waals surface area contributed by atoms with Crippen molar-refractivity contribution in [1.82, 2.24) is 5.32 Å². The molecule has 20 heavy (non-hydrogen) atoms. The third-order valence-corrected chi connectivity index (χ3v) is 4.08. The third kappa shape index (κ3) is 4.64. The normalized spacial score (nSPS) is 18.1. The van der Waals surface area contributed by atoms with E-state index < -0.39 is 0 Å². The van der Waals surface area contributed by atoms with E-state index in [-0.39, 0.29) is 18.4 Å². The maximum absolute atomic E-state index is 11.9. The Labute approximate surface area is 123 Å². The molecule has 0 bridgehead atoms. The van der Waals surface area contributed by atoms with E-state index in [2.05, 4.69) is 17.2 Å². The summed E-state index contributed by atoms with van der Waals surface area (Å²) in [7, 11) is 0. The number of ether oxygens (including phenoxy) is 1. The molecule has 2 heterocycles. The quantitative estimate of drug-likeness (QED) is 0.828. The Bertz CT molecular complexity index is 495. The van der Waals surface area contributed by atoms with Crippen LogP contribution in [0.5, 0.6) is 0 Å². The number of aliphatic hydroxyl groups excluding tert-OH is 1. The number of carbonyl (C=O) groups excluding carboxylic acids is 1. The fraction of sp³-hybridized carbons (Fsp3) is 0.533. The Morgan fingerprint density at radius 2 is 2.45 bits per heavy atom. The Morgan fingerprint density at radius 3 is 3.20 bits per heavy atom. The summed E-state index contributed by atoms with van der Waals surface area (Å²) in [6.45, 7) is 1.94. The Balaban J connectivity index is 1.79. The van der Waals surface area contributed by atoms with Crippen molar-refractivity contribution in [3.8, 4) is 11.8 Å². The molecule has 4 nitrogen and oxygen atoms in total. The second kappa shape index (κ2) is 8.05. The zero-order valence-corrected chi connectivity index (χ0v) is 12.2. The Morgan fingerprint density at radius 1 is 1.55 bits per heavy atom. The molecule has 1 amide bonds. The first-order valence-electron chi connectivity index (χ1n) is 6.83. The van der Waals surface area contributed by atoms with Crippen molar-refractivity contribution in [3.63, 3.8) is 0 Å². The van der Waals surface area contributed by atoms with Gasteiger partial charge in [-0.3, -0.25) is 4.79 Å². The van der Waals surface area contributed by atoms with Gasteiger partial charge in [-0.1, -0.05) is 11.8 Å². The summed E-state index contributed by atoms with van der Waals surface area (Å²) >= 11 is 1.57. The van der Waals surface area contributed by atoms with Crippen LogP contribution in [0.25, 0.3) is 0 Å². The molecule has 108 valence electrons. The standard InChI is InChI=1S/C15H19NO3S/c17-8-2-1-5-13-6-7-14(20-13)10-16-15(18)12-4-3-9-19-11-12/h6-7,12,17H,2-4,8-11H2,(H,16,18). The number of aliphatic hydroxyl groups is 1. The molecular weight excluding hydrogens is 274 g/mol. The molecule has 1 aromatic rings. The minimum absolute atomic E-state index is 0.00692. The van der Waals surface area contributed by atoms with E-state index >= 15 is 0 Å². The van der Waals surface area contributed by atoms with Crippen LogP contribution in [0.2, 0.25) is 0 Å². The number of amides is 1. The van der Waals surface area contributed by atoms with Gasteiger partial charge in [0.25, 0.3) is 0 Å². The molecule has 1 fully saturated rings. The van der Waals surface area contributed by atoms with Gasteiger partial charge in [0.1, 0.15) is 0 Å². The summed E-state index contributed by atoms with van der Waals surface area (Å²) in [4.78, 5) is 14.0. The van der Waals surface area contributed by atoms with Crippen LogP contribution in [-0.2, 0) is 16.1 Å². The molecule has 1 atom stereocenters. The molecule has 0 spiro atoms. The van der Waals surface area contributed by atoms with E-state index in [1.807, 2.05) is 12.1 Å². The van der Waals surface area contributed by atoms with Gasteiger partial charge in [0.05, 0.1) is 30.6 Å². The summed E-state index contributed by atoms with van der Waals surface area (Å²) in [5, 5.41) is 11.6. The average Bonchev–Trinajstić information content (AvgIpc) is 2.94. The summed E-state index contributed by atoms with van der Waals surface area (Å²) < 4.78 is 5.32. The molecule has 1 aliphatic rings. The van der Waals surface area contributed by atoms with Gasteiger partial charge < -0.3 is 15.2 Å². The van der Waals surface area contributed by atoms with Crippen molar-refractivity contribution in [1.29, 1.82) is 0 Å². The topological polar surface area (TPSA) is 58.6 Å². The van der Waals surface area contributed by atoms with Gasteiger partial charge in [0.2, 0.25) is 5.91 Å². The highest BCUT2D eigenvalue weighted by Gasteiger charge is 2.21. The minimum atomic E-state index is -0.00692. The van der Waals surface area contributed by atoms with Gasteiger partial charge in [-0.25, -0.2) is 0 Å². The lowest BCUT2D eigenvalue weighted by atomic mass is 10.0. The molecule has 0 saturated carbocycles. The van der Waals surface area contributed by atoms with Crippen LogP contribution in [0.4, 0.5) is 0 Å². The minimum Gasteiger partial charge on any atom is -0.395 e. The zero-order chi connectivity index (χ0) is 14.2. The monoisotopic (exact) mass is 293 g/mol. The van der Waals surface area contributed by atoms with Gasteiger partial charge >= 0.3 is 0 Å². The lowest BCUT2D eigenvalue weighted by Gasteiger charge is -2.20. The van der Waals surface area contributed by atoms with Crippen molar-refractivity contribution < 1.29 is 14.6 Å². The second-order valence-electron chi connectivity index (χ2n) is 4.67. The highest BCUT2D eigenvalue weighted by molar-refractivity contribution is 7.12. The maximum atomic E-state index is 11.9. The van der Waals surface area contributed by atoms with Crippen molar-refractivity contribution >= 4 is 17.2 Å². The first kappa shape index (κ1) is 15.0. The number of hydrogen-bond acceptors (Lipinski definition) is 4. The predicted octanol–water partition coefficient (Wildman–Crippen LogP) is 1.52. The van der Waals surface area contributed by atoms with E-state index in [1.165, 1.54) is 0 Å².